The fourth-order valence-corrected chi connectivity index (χ4v) is 14.5. The van der Waals surface area contributed by atoms with E-state index < -0.39 is 74.5 Å². The van der Waals surface area contributed by atoms with Crippen LogP contribution in [0.5, 0.6) is 11.5 Å². The zero-order valence-corrected chi connectivity index (χ0v) is 47.9. The van der Waals surface area contributed by atoms with Crippen molar-refractivity contribution in [1.82, 2.24) is 0 Å². The first-order valence-corrected chi connectivity index (χ1v) is 28.0. The van der Waals surface area contributed by atoms with Crippen LogP contribution >= 0.6 is 24.0 Å². The van der Waals surface area contributed by atoms with Gasteiger partial charge in [0.2, 0.25) is 24.1 Å². The molecule has 4 rings (SSSR count). The van der Waals surface area contributed by atoms with E-state index in [0.29, 0.717) is 17.9 Å². The second-order valence-corrected chi connectivity index (χ2v) is 29.0. The van der Waals surface area contributed by atoms with Crippen molar-refractivity contribution < 1.29 is 51.2 Å². The van der Waals surface area contributed by atoms with E-state index in [9.17, 15) is 41.7 Å². The van der Waals surface area contributed by atoms with Crippen molar-refractivity contribution in [2.45, 2.75) is 172 Å². The minimum absolute atomic E-state index is 0.000630. The Labute approximate surface area is 433 Å². The molecule has 2 atom stereocenters. The van der Waals surface area contributed by atoms with Crippen LogP contribution in [0.15, 0.2) is 111 Å². The van der Waals surface area contributed by atoms with Crippen molar-refractivity contribution in [3.8, 4) is 11.5 Å². The molecule has 0 aliphatic rings. The average Bonchev–Trinajstić information content (AvgIpc) is 3.25. The number of aromatic hydroxyl groups is 1. The molecule has 4 aromatic carbocycles. The maximum atomic E-state index is 14.6. The van der Waals surface area contributed by atoms with Gasteiger partial charge in [-0.1, -0.05) is 105 Å². The molecule has 0 amide bonds. The van der Waals surface area contributed by atoms with Crippen LogP contribution in [0.3, 0.4) is 0 Å². The monoisotopic (exact) mass is 1050 g/mol. The number of phenolic OH excluding ortho intramolecular Hbond substituents is 1. The molecule has 0 spiro atoms. The molecule has 0 aliphatic heterocycles. The van der Waals surface area contributed by atoms with Gasteiger partial charge in [0.05, 0.1) is 37.0 Å². The van der Waals surface area contributed by atoms with Gasteiger partial charge in [-0.3, -0.25) is 9.59 Å². The Kier molecular flexibility index (Phi) is 17.0. The molecule has 0 aromatic heterocycles. The highest BCUT2D eigenvalue weighted by atomic mass is 32.2. The number of carbonyl (C=O) groups is 2. The van der Waals surface area contributed by atoms with Crippen LogP contribution in [0.4, 0.5) is 0 Å². The topological polar surface area (TPSA) is 182 Å². The highest BCUT2D eigenvalue weighted by molar-refractivity contribution is 8.23. The van der Waals surface area contributed by atoms with Crippen molar-refractivity contribution in [3.05, 3.63) is 108 Å². The average molecular weight is 1050 g/mol. The van der Waals surface area contributed by atoms with Crippen LogP contribution in [0.25, 0.3) is 0 Å². The molecule has 0 bridgehead atoms. The predicted octanol–water partition coefficient (Wildman–Crippen LogP) is 13.3. The quantitative estimate of drug-likeness (QED) is 0.0671. The Morgan fingerprint density at radius 1 is 0.662 bits per heavy atom. The fraction of sp³-hybridized carbons (Fsp3) is 0.518. The summed E-state index contributed by atoms with van der Waals surface area (Å²) in [6.07, 6.45) is 0.0455. The van der Waals surface area contributed by atoms with Crippen molar-refractivity contribution in [2.75, 3.05) is 6.61 Å². The number of carboxylic acids is 2. The van der Waals surface area contributed by atoms with Gasteiger partial charge in [0, 0.05) is 10.2 Å². The molecular weight excluding hydrogens is 977 g/mol. The summed E-state index contributed by atoms with van der Waals surface area (Å²) in [5.41, 5.74) is -6.04. The number of thioether (sulfide) groups is 1. The molecule has 11 nitrogen and oxygen atoms in total. The number of thiocarbonyl (C=S) groups is 1. The Bertz CT molecular complexity index is 2820. The van der Waals surface area contributed by atoms with Gasteiger partial charge in [0.15, 0.2) is 0 Å². The maximum Gasteiger partial charge on any atom is 0.311 e. The van der Waals surface area contributed by atoms with E-state index in [2.05, 4.69) is 0 Å². The minimum Gasteiger partial charge on any atom is -0.508 e. The SMILES string of the molecule is CCOC(=S)SC(C)(C)C(C)(C(=O)O)C(C)(C)C(C)(C)C(C)(CC(C)(C)Cc1cc(O)ccc1S(=O)(=O)c1ccc(C(C)(C)C(C)(C)Oc2ccc(S(=O)(=O)c3ccc(C(C)C)cc3)cc2)cc1)C(=O)O. The molecule has 3 N–H and O–H groups in total. The van der Waals surface area contributed by atoms with E-state index in [4.69, 9.17) is 21.7 Å². The van der Waals surface area contributed by atoms with E-state index in [0.717, 1.165) is 22.9 Å². The van der Waals surface area contributed by atoms with Gasteiger partial charge >= 0.3 is 11.9 Å². The van der Waals surface area contributed by atoms with Gasteiger partial charge in [-0.2, -0.15) is 0 Å². The van der Waals surface area contributed by atoms with E-state index in [1.165, 1.54) is 42.5 Å². The first-order chi connectivity index (χ1) is 32.2. The van der Waals surface area contributed by atoms with Crippen molar-refractivity contribution >= 4 is 60.0 Å². The van der Waals surface area contributed by atoms with Gasteiger partial charge < -0.3 is 24.8 Å². The molecule has 15 heteroatoms. The largest absolute Gasteiger partial charge is 0.508 e. The molecule has 0 radical (unpaired) electrons. The lowest BCUT2D eigenvalue weighted by molar-refractivity contribution is -0.191. The van der Waals surface area contributed by atoms with Crippen molar-refractivity contribution in [1.29, 1.82) is 0 Å². The van der Waals surface area contributed by atoms with Gasteiger partial charge in [-0.15, -0.1) is 0 Å². The number of rotatable bonds is 21. The fourth-order valence-electron chi connectivity index (χ4n) is 9.92. The Morgan fingerprint density at radius 3 is 1.61 bits per heavy atom. The highest BCUT2D eigenvalue weighted by Crippen LogP contribution is 2.66. The summed E-state index contributed by atoms with van der Waals surface area (Å²) in [4.78, 5) is 27.6. The van der Waals surface area contributed by atoms with Gasteiger partial charge in [0.25, 0.3) is 0 Å². The van der Waals surface area contributed by atoms with Crippen LogP contribution < -0.4 is 4.74 Å². The summed E-state index contributed by atoms with van der Waals surface area (Å²) in [6.45, 7) is 31.6. The standard InChI is InChI=1S/C56H76O11S4/c1-18-66-48(68)69-54(14,15)56(17,47(60)61)52(10,11)51(8,9)55(16,46(58)59)35-49(4,5)34-38-33-40(57)23-32-45(38)71(64,65)44-28-21-39(22-29-44)50(6,7)53(12,13)67-41-24-30-43(31-25-41)70(62,63)42-26-19-37(20-27-42)36(2)3/h19-33,36,57H,18,34-35H2,1-17H3,(H,58,59)(H,60,61). The van der Waals surface area contributed by atoms with Crippen LogP contribution in [0, 0.1) is 27.1 Å². The zero-order chi connectivity index (χ0) is 54.4. The maximum absolute atomic E-state index is 14.6. The molecule has 0 heterocycles. The van der Waals surface area contributed by atoms with Gasteiger partial charge in [-0.25, -0.2) is 16.8 Å². The number of phenols is 1. The molecule has 0 aliphatic carbocycles. The Morgan fingerprint density at radius 2 is 1.14 bits per heavy atom. The lowest BCUT2D eigenvalue weighted by Crippen LogP contribution is -2.64. The lowest BCUT2D eigenvalue weighted by atomic mass is 9.42. The summed E-state index contributed by atoms with van der Waals surface area (Å²) < 4.78 is 67.3. The van der Waals surface area contributed by atoms with Crippen molar-refractivity contribution in [2.24, 2.45) is 27.1 Å². The summed E-state index contributed by atoms with van der Waals surface area (Å²) in [6, 6.07) is 23.8. The third-order valence-corrected chi connectivity index (χ3v) is 21.7. The number of hydrogen-bond donors (Lipinski definition) is 3. The molecule has 0 saturated carbocycles. The molecule has 2 unspecified atom stereocenters. The summed E-state index contributed by atoms with van der Waals surface area (Å²) in [7, 11) is -7.98. The zero-order valence-electron chi connectivity index (χ0n) is 44.6. The summed E-state index contributed by atoms with van der Waals surface area (Å²) in [5.74, 6) is -1.70. The van der Waals surface area contributed by atoms with Crippen LogP contribution in [-0.4, -0.2) is 65.4 Å². The van der Waals surface area contributed by atoms with Crippen LogP contribution in [0.1, 0.15) is 147 Å². The first kappa shape index (κ1) is 59.1. The summed E-state index contributed by atoms with van der Waals surface area (Å²) >= 11 is 6.58. The number of sulfone groups is 2. The molecule has 0 saturated heterocycles. The van der Waals surface area contributed by atoms with E-state index in [1.54, 1.807) is 98.7 Å². The van der Waals surface area contributed by atoms with E-state index >= 15 is 0 Å². The normalized spacial score (nSPS) is 15.1. The van der Waals surface area contributed by atoms with E-state index in [1.807, 2.05) is 67.5 Å². The predicted molar refractivity (Wildman–Crippen MR) is 287 cm³/mol. The van der Waals surface area contributed by atoms with E-state index in [-0.39, 0.29) is 48.5 Å². The third kappa shape index (κ3) is 11.2. The first-order valence-electron chi connectivity index (χ1n) is 23.8. The smallest absolute Gasteiger partial charge is 0.311 e. The lowest BCUT2D eigenvalue weighted by Gasteiger charge is -2.61. The second kappa shape index (κ2) is 20.5. The molecule has 0 fully saturated rings. The highest BCUT2D eigenvalue weighted by Gasteiger charge is 2.68. The number of hydrogen-bond acceptors (Lipinski definition) is 11. The van der Waals surface area contributed by atoms with Crippen LogP contribution in [0.2, 0.25) is 0 Å². The molecule has 390 valence electrons. The number of carboxylic acid groups (broad SMARTS) is 2. The third-order valence-electron chi connectivity index (χ3n) is 16.5. The Balaban J connectivity index is 1.64. The number of ether oxygens (including phenoxy) is 2. The minimum atomic E-state index is -4.21. The number of aliphatic carboxylic acids is 2. The van der Waals surface area contributed by atoms with Gasteiger partial charge in [-0.05, 0) is 179 Å². The molecular formula is C56H76O11S4. The molecule has 71 heavy (non-hydrogen) atoms. The van der Waals surface area contributed by atoms with Crippen LogP contribution in [-0.2, 0) is 45.8 Å². The summed E-state index contributed by atoms with van der Waals surface area (Å²) in [5, 5.41) is 33.0. The van der Waals surface area contributed by atoms with Crippen molar-refractivity contribution in [3.63, 3.8) is 0 Å². The number of benzene rings is 4. The Hall–Kier alpha value is -4.44. The van der Waals surface area contributed by atoms with Gasteiger partial charge in [0.1, 0.15) is 17.1 Å². The molecule has 4 aromatic rings. The second-order valence-electron chi connectivity index (χ2n) is 22.9.